The van der Waals surface area contributed by atoms with Crippen molar-refractivity contribution in [1.82, 2.24) is 15.5 Å². The van der Waals surface area contributed by atoms with E-state index in [2.05, 4.69) is 29.4 Å². The first-order chi connectivity index (χ1) is 8.17. The molecule has 0 aliphatic heterocycles. The van der Waals surface area contributed by atoms with Crippen LogP contribution in [0.25, 0.3) is 0 Å². The molecule has 0 aliphatic rings. The van der Waals surface area contributed by atoms with Crippen molar-refractivity contribution in [3.8, 4) is 0 Å². The van der Waals surface area contributed by atoms with Gasteiger partial charge in [-0.1, -0.05) is 44.4 Å². The number of nitrogen functional groups attached to an aromatic ring is 1. The van der Waals surface area contributed by atoms with Crippen molar-refractivity contribution in [2.45, 2.75) is 39.5 Å². The summed E-state index contributed by atoms with van der Waals surface area (Å²) >= 11 is 1.12. The topological polar surface area (TPSA) is 80.9 Å². The predicted octanol–water partition coefficient (Wildman–Crippen LogP) is 2.07. The Morgan fingerprint density at radius 2 is 2.24 bits per heavy atom. The zero-order valence-electron chi connectivity index (χ0n) is 10.4. The van der Waals surface area contributed by atoms with Crippen molar-refractivity contribution in [3.05, 3.63) is 5.01 Å². The molecule has 1 aromatic rings. The van der Waals surface area contributed by atoms with Gasteiger partial charge in [0.15, 0.2) is 0 Å². The molecule has 1 heterocycles. The molecule has 0 saturated carbocycles. The van der Waals surface area contributed by atoms with Crippen molar-refractivity contribution >= 4 is 22.4 Å². The molecule has 0 spiro atoms. The maximum absolute atomic E-state index is 11.7. The molecule has 3 N–H and O–H groups in total. The highest BCUT2D eigenvalue weighted by Gasteiger charge is 2.13. The Morgan fingerprint density at radius 3 is 2.76 bits per heavy atom. The highest BCUT2D eigenvalue weighted by atomic mass is 32.1. The zero-order valence-corrected chi connectivity index (χ0v) is 11.2. The summed E-state index contributed by atoms with van der Waals surface area (Å²) in [5.74, 6) is 0.373. The van der Waals surface area contributed by atoms with E-state index in [-0.39, 0.29) is 5.91 Å². The van der Waals surface area contributed by atoms with Gasteiger partial charge in [0.25, 0.3) is 5.91 Å². The van der Waals surface area contributed by atoms with Gasteiger partial charge in [0.1, 0.15) is 0 Å². The highest BCUT2D eigenvalue weighted by Crippen LogP contribution is 2.13. The minimum absolute atomic E-state index is 0.172. The van der Waals surface area contributed by atoms with Crippen LogP contribution in [0.15, 0.2) is 0 Å². The lowest BCUT2D eigenvalue weighted by Crippen LogP contribution is -2.29. The van der Waals surface area contributed by atoms with Crippen LogP contribution in [0.4, 0.5) is 5.13 Å². The smallest absolute Gasteiger partial charge is 0.282 e. The normalized spacial score (nSPS) is 12.4. The lowest BCUT2D eigenvalue weighted by Gasteiger charge is -2.14. The van der Waals surface area contributed by atoms with E-state index in [4.69, 9.17) is 5.73 Å². The SMILES string of the molecule is CCCCC(CC)CNC(=O)c1nnc(N)s1. The van der Waals surface area contributed by atoms with Crippen molar-refractivity contribution < 1.29 is 4.79 Å². The highest BCUT2D eigenvalue weighted by molar-refractivity contribution is 7.16. The van der Waals surface area contributed by atoms with Crippen LogP contribution in [0.2, 0.25) is 0 Å². The van der Waals surface area contributed by atoms with Crippen LogP contribution in [-0.4, -0.2) is 22.6 Å². The number of aromatic nitrogens is 2. The monoisotopic (exact) mass is 256 g/mol. The fourth-order valence-electron chi connectivity index (χ4n) is 1.58. The average Bonchev–Trinajstić information content (AvgIpc) is 2.76. The van der Waals surface area contributed by atoms with Gasteiger partial charge in [-0.05, 0) is 12.3 Å². The number of nitrogens with two attached hydrogens (primary N) is 1. The van der Waals surface area contributed by atoms with E-state index in [1.54, 1.807) is 0 Å². The second kappa shape index (κ2) is 7.21. The Labute approximate surface area is 106 Å². The quantitative estimate of drug-likeness (QED) is 0.782. The zero-order chi connectivity index (χ0) is 12.7. The van der Waals surface area contributed by atoms with Gasteiger partial charge in [-0.15, -0.1) is 10.2 Å². The second-order valence-electron chi connectivity index (χ2n) is 4.07. The largest absolute Gasteiger partial charge is 0.374 e. The Morgan fingerprint density at radius 1 is 1.47 bits per heavy atom. The molecule has 1 rings (SSSR count). The van der Waals surface area contributed by atoms with Gasteiger partial charge in [-0.3, -0.25) is 4.79 Å². The van der Waals surface area contributed by atoms with Crippen molar-refractivity contribution in [2.24, 2.45) is 5.92 Å². The van der Waals surface area contributed by atoms with Gasteiger partial charge >= 0.3 is 0 Å². The van der Waals surface area contributed by atoms with Crippen molar-refractivity contribution in [2.75, 3.05) is 12.3 Å². The molecule has 1 atom stereocenters. The number of nitrogens with zero attached hydrogens (tertiary/aromatic N) is 2. The second-order valence-corrected chi connectivity index (χ2v) is 5.08. The Kier molecular flexibility index (Phi) is 5.90. The summed E-state index contributed by atoms with van der Waals surface area (Å²) in [6, 6.07) is 0. The summed E-state index contributed by atoms with van der Waals surface area (Å²) in [5.41, 5.74) is 5.43. The molecule has 6 heteroatoms. The van der Waals surface area contributed by atoms with Crippen LogP contribution < -0.4 is 11.1 Å². The van der Waals surface area contributed by atoms with Crippen molar-refractivity contribution in [1.29, 1.82) is 0 Å². The van der Waals surface area contributed by atoms with Crippen LogP contribution in [-0.2, 0) is 0 Å². The number of rotatable bonds is 7. The summed E-state index contributed by atoms with van der Waals surface area (Å²) in [7, 11) is 0. The lowest BCUT2D eigenvalue weighted by molar-refractivity contribution is 0.0944. The summed E-state index contributed by atoms with van der Waals surface area (Å²) in [6.07, 6.45) is 4.64. The van der Waals surface area contributed by atoms with Crippen LogP contribution in [0, 0.1) is 5.92 Å². The van der Waals surface area contributed by atoms with Crippen LogP contribution >= 0.6 is 11.3 Å². The first-order valence-corrected chi connectivity index (χ1v) is 6.86. The van der Waals surface area contributed by atoms with Gasteiger partial charge in [0.2, 0.25) is 10.1 Å². The number of carbonyl (C=O) groups is 1. The molecule has 1 unspecified atom stereocenters. The van der Waals surface area contributed by atoms with E-state index >= 15 is 0 Å². The van der Waals surface area contributed by atoms with Gasteiger partial charge in [-0.25, -0.2) is 0 Å². The van der Waals surface area contributed by atoms with Crippen LogP contribution in [0.5, 0.6) is 0 Å². The molecule has 0 saturated heterocycles. The molecular weight excluding hydrogens is 236 g/mol. The minimum Gasteiger partial charge on any atom is -0.374 e. The fraction of sp³-hybridized carbons (Fsp3) is 0.727. The predicted molar refractivity (Wildman–Crippen MR) is 70.0 cm³/mol. The van der Waals surface area contributed by atoms with Gasteiger partial charge < -0.3 is 11.1 Å². The molecule has 1 aromatic heterocycles. The van der Waals surface area contributed by atoms with Gasteiger partial charge in [-0.2, -0.15) is 0 Å². The van der Waals surface area contributed by atoms with Gasteiger partial charge in [0.05, 0.1) is 0 Å². The molecule has 0 aromatic carbocycles. The third kappa shape index (κ3) is 4.68. The molecule has 0 fully saturated rings. The van der Waals surface area contributed by atoms with E-state index < -0.39 is 0 Å². The molecule has 0 radical (unpaired) electrons. The first-order valence-electron chi connectivity index (χ1n) is 6.04. The summed E-state index contributed by atoms with van der Waals surface area (Å²) < 4.78 is 0. The van der Waals surface area contributed by atoms with E-state index in [1.165, 1.54) is 12.8 Å². The number of hydrogen-bond donors (Lipinski definition) is 2. The molecule has 0 aliphatic carbocycles. The number of anilines is 1. The summed E-state index contributed by atoms with van der Waals surface area (Å²) in [5, 5.41) is 10.9. The third-order valence-corrected chi connectivity index (χ3v) is 3.48. The average molecular weight is 256 g/mol. The Hall–Kier alpha value is -1.17. The van der Waals surface area contributed by atoms with E-state index in [0.29, 0.717) is 22.6 Å². The van der Waals surface area contributed by atoms with Crippen LogP contribution in [0.3, 0.4) is 0 Å². The van der Waals surface area contributed by atoms with E-state index in [9.17, 15) is 4.79 Å². The lowest BCUT2D eigenvalue weighted by atomic mass is 9.99. The molecule has 96 valence electrons. The number of amides is 1. The summed E-state index contributed by atoms with van der Waals surface area (Å²) in [6.45, 7) is 5.03. The van der Waals surface area contributed by atoms with Crippen molar-refractivity contribution in [3.63, 3.8) is 0 Å². The molecular formula is C11H20N4OS. The first kappa shape index (κ1) is 13.9. The maximum Gasteiger partial charge on any atom is 0.282 e. The maximum atomic E-state index is 11.7. The molecule has 5 nitrogen and oxygen atoms in total. The molecule has 1 amide bonds. The Bertz CT molecular complexity index is 353. The molecule has 17 heavy (non-hydrogen) atoms. The number of hydrogen-bond acceptors (Lipinski definition) is 5. The number of carbonyl (C=O) groups excluding carboxylic acids is 1. The standard InChI is InChI=1S/C11H20N4OS/c1-3-5-6-8(4-2)7-13-9(16)10-14-15-11(12)17-10/h8H,3-7H2,1-2H3,(H2,12,15)(H,13,16). The minimum atomic E-state index is -0.172. The van der Waals surface area contributed by atoms with E-state index in [1.807, 2.05) is 0 Å². The van der Waals surface area contributed by atoms with Gasteiger partial charge in [0, 0.05) is 6.54 Å². The Balaban J connectivity index is 2.36. The fourth-order valence-corrected chi connectivity index (χ4v) is 2.11. The number of nitrogens with one attached hydrogen (secondary N) is 1. The summed E-state index contributed by atoms with van der Waals surface area (Å²) in [4.78, 5) is 11.7. The molecule has 0 bridgehead atoms. The third-order valence-electron chi connectivity index (χ3n) is 2.73. The van der Waals surface area contributed by atoms with E-state index in [0.717, 1.165) is 24.2 Å². The van der Waals surface area contributed by atoms with Crippen LogP contribution in [0.1, 0.15) is 49.3 Å². The number of unbranched alkanes of at least 4 members (excludes halogenated alkanes) is 1.